The zero-order valence-corrected chi connectivity index (χ0v) is 14.0. The SMILES string of the molecule is Cc1nc(C(=O)N2CCN(CC(O)c3ccccc3)CC2)cs1. The summed E-state index contributed by atoms with van der Waals surface area (Å²) in [4.78, 5) is 20.7. The second-order valence-corrected chi connectivity index (χ2v) is 6.83. The Bertz CT molecular complexity index is 651. The van der Waals surface area contributed by atoms with E-state index in [4.69, 9.17) is 0 Å². The van der Waals surface area contributed by atoms with Gasteiger partial charge in [-0.1, -0.05) is 30.3 Å². The second-order valence-electron chi connectivity index (χ2n) is 5.77. The molecule has 3 rings (SSSR count). The fraction of sp³-hybridized carbons (Fsp3) is 0.412. The number of hydrogen-bond acceptors (Lipinski definition) is 5. The minimum atomic E-state index is -0.486. The largest absolute Gasteiger partial charge is 0.387 e. The van der Waals surface area contributed by atoms with Gasteiger partial charge in [-0.25, -0.2) is 4.98 Å². The van der Waals surface area contributed by atoms with E-state index in [-0.39, 0.29) is 5.91 Å². The Morgan fingerprint density at radius 3 is 2.57 bits per heavy atom. The first-order valence-corrected chi connectivity index (χ1v) is 8.68. The van der Waals surface area contributed by atoms with Crippen molar-refractivity contribution < 1.29 is 9.90 Å². The van der Waals surface area contributed by atoms with Crippen LogP contribution >= 0.6 is 11.3 Å². The fourth-order valence-electron chi connectivity index (χ4n) is 2.78. The molecule has 1 aliphatic heterocycles. The molecule has 1 saturated heterocycles. The van der Waals surface area contributed by atoms with Crippen LogP contribution in [0.2, 0.25) is 0 Å². The first-order valence-electron chi connectivity index (χ1n) is 7.80. The molecule has 0 bridgehead atoms. The Morgan fingerprint density at radius 2 is 1.96 bits per heavy atom. The van der Waals surface area contributed by atoms with Crippen LogP contribution in [0.3, 0.4) is 0 Å². The Balaban J connectivity index is 1.51. The zero-order valence-electron chi connectivity index (χ0n) is 13.2. The predicted octanol–water partition coefficient (Wildman–Crippen LogP) is 1.94. The molecule has 0 spiro atoms. The van der Waals surface area contributed by atoms with Gasteiger partial charge in [0, 0.05) is 38.1 Å². The van der Waals surface area contributed by atoms with E-state index in [1.165, 1.54) is 11.3 Å². The smallest absolute Gasteiger partial charge is 0.273 e. The Morgan fingerprint density at radius 1 is 1.26 bits per heavy atom. The van der Waals surface area contributed by atoms with E-state index in [2.05, 4.69) is 9.88 Å². The summed E-state index contributed by atoms with van der Waals surface area (Å²) in [5, 5.41) is 13.0. The van der Waals surface area contributed by atoms with Gasteiger partial charge in [0.25, 0.3) is 5.91 Å². The summed E-state index contributed by atoms with van der Waals surface area (Å²) >= 11 is 1.50. The number of nitrogens with zero attached hydrogens (tertiary/aromatic N) is 3. The molecule has 1 aromatic carbocycles. The normalized spacial score (nSPS) is 17.2. The third kappa shape index (κ3) is 3.96. The molecule has 122 valence electrons. The van der Waals surface area contributed by atoms with E-state index in [9.17, 15) is 9.90 Å². The third-order valence-corrected chi connectivity index (χ3v) is 4.89. The topological polar surface area (TPSA) is 56.7 Å². The Hall–Kier alpha value is -1.76. The molecule has 0 radical (unpaired) electrons. The summed E-state index contributed by atoms with van der Waals surface area (Å²) in [6.45, 7) is 5.41. The average molecular weight is 331 g/mol. The second kappa shape index (κ2) is 7.21. The van der Waals surface area contributed by atoms with E-state index in [0.29, 0.717) is 25.3 Å². The Kier molecular flexibility index (Phi) is 5.05. The molecule has 0 saturated carbocycles. The van der Waals surface area contributed by atoms with Gasteiger partial charge in [0.05, 0.1) is 11.1 Å². The first-order chi connectivity index (χ1) is 11.1. The number of benzene rings is 1. The fourth-order valence-corrected chi connectivity index (χ4v) is 3.37. The van der Waals surface area contributed by atoms with Gasteiger partial charge in [-0.3, -0.25) is 9.69 Å². The summed E-state index contributed by atoms with van der Waals surface area (Å²) in [5.41, 5.74) is 1.48. The van der Waals surface area contributed by atoms with Crippen molar-refractivity contribution in [3.05, 3.63) is 52.0 Å². The highest BCUT2D eigenvalue weighted by Crippen LogP contribution is 2.16. The standard InChI is InChI=1S/C17H21N3O2S/c1-13-18-15(12-23-13)17(22)20-9-7-19(8-10-20)11-16(21)14-5-3-2-4-6-14/h2-6,12,16,21H,7-11H2,1H3. The van der Waals surface area contributed by atoms with Crippen LogP contribution in [0.1, 0.15) is 27.2 Å². The lowest BCUT2D eigenvalue weighted by Gasteiger charge is -2.35. The van der Waals surface area contributed by atoms with Crippen LogP contribution in [0.25, 0.3) is 0 Å². The van der Waals surface area contributed by atoms with Crippen LogP contribution in [0.5, 0.6) is 0 Å². The van der Waals surface area contributed by atoms with Crippen molar-refractivity contribution in [1.82, 2.24) is 14.8 Å². The molecule has 23 heavy (non-hydrogen) atoms. The number of rotatable bonds is 4. The number of piperazine rings is 1. The van der Waals surface area contributed by atoms with Gasteiger partial charge >= 0.3 is 0 Å². The molecular weight excluding hydrogens is 310 g/mol. The minimum Gasteiger partial charge on any atom is -0.387 e. The van der Waals surface area contributed by atoms with E-state index >= 15 is 0 Å². The van der Waals surface area contributed by atoms with Crippen LogP contribution in [-0.4, -0.2) is 58.5 Å². The van der Waals surface area contributed by atoms with Crippen LogP contribution in [0, 0.1) is 6.92 Å². The summed E-state index contributed by atoms with van der Waals surface area (Å²) in [6, 6.07) is 9.70. The maximum Gasteiger partial charge on any atom is 0.273 e. The number of carbonyl (C=O) groups excluding carboxylic acids is 1. The maximum absolute atomic E-state index is 12.4. The summed E-state index contributed by atoms with van der Waals surface area (Å²) < 4.78 is 0. The molecule has 1 fully saturated rings. The lowest BCUT2D eigenvalue weighted by Crippen LogP contribution is -2.49. The molecule has 1 atom stereocenters. The molecule has 1 aromatic heterocycles. The Labute approximate surface area is 140 Å². The number of β-amino-alcohol motifs (C(OH)–C–C–N with tert-alkyl or cyclic N) is 1. The molecule has 1 unspecified atom stereocenters. The number of carbonyl (C=O) groups is 1. The zero-order chi connectivity index (χ0) is 16.2. The number of amides is 1. The number of thiazole rings is 1. The molecular formula is C17H21N3O2S. The van der Waals surface area contributed by atoms with Gasteiger partial charge in [0.15, 0.2) is 0 Å². The number of aliphatic hydroxyl groups excluding tert-OH is 1. The van der Waals surface area contributed by atoms with Gasteiger partial charge in [0.2, 0.25) is 0 Å². The molecule has 1 aliphatic rings. The van der Waals surface area contributed by atoms with Gasteiger partial charge in [-0.15, -0.1) is 11.3 Å². The lowest BCUT2D eigenvalue weighted by molar-refractivity contribution is 0.0523. The number of aromatic nitrogens is 1. The average Bonchev–Trinajstić information content (AvgIpc) is 3.02. The summed E-state index contributed by atoms with van der Waals surface area (Å²) in [7, 11) is 0. The van der Waals surface area contributed by atoms with Crippen molar-refractivity contribution in [2.24, 2.45) is 0 Å². The van der Waals surface area contributed by atoms with Crippen LogP contribution in [0.4, 0.5) is 0 Å². The van der Waals surface area contributed by atoms with Crippen LogP contribution < -0.4 is 0 Å². The van der Waals surface area contributed by atoms with E-state index in [1.807, 2.05) is 47.5 Å². The van der Waals surface area contributed by atoms with Crippen molar-refractivity contribution in [2.75, 3.05) is 32.7 Å². The molecule has 1 amide bonds. The van der Waals surface area contributed by atoms with E-state index in [0.717, 1.165) is 23.7 Å². The highest BCUT2D eigenvalue weighted by Gasteiger charge is 2.24. The molecule has 2 aromatic rings. The number of aryl methyl sites for hydroxylation is 1. The van der Waals surface area contributed by atoms with Crippen LogP contribution in [-0.2, 0) is 0 Å². The molecule has 6 heteroatoms. The van der Waals surface area contributed by atoms with Crippen molar-refractivity contribution in [2.45, 2.75) is 13.0 Å². The monoisotopic (exact) mass is 331 g/mol. The van der Waals surface area contributed by atoms with Crippen molar-refractivity contribution in [3.8, 4) is 0 Å². The minimum absolute atomic E-state index is 0.0117. The molecule has 1 N–H and O–H groups in total. The highest BCUT2D eigenvalue weighted by atomic mass is 32.1. The maximum atomic E-state index is 12.4. The number of aliphatic hydroxyl groups is 1. The van der Waals surface area contributed by atoms with Crippen molar-refractivity contribution in [1.29, 1.82) is 0 Å². The quantitative estimate of drug-likeness (QED) is 0.930. The lowest BCUT2D eigenvalue weighted by atomic mass is 10.1. The summed E-state index contributed by atoms with van der Waals surface area (Å²) in [5.74, 6) is 0.0117. The van der Waals surface area contributed by atoms with Crippen molar-refractivity contribution >= 4 is 17.2 Å². The van der Waals surface area contributed by atoms with Gasteiger partial charge in [0.1, 0.15) is 5.69 Å². The van der Waals surface area contributed by atoms with Gasteiger partial charge in [-0.05, 0) is 12.5 Å². The highest BCUT2D eigenvalue weighted by molar-refractivity contribution is 7.09. The van der Waals surface area contributed by atoms with E-state index < -0.39 is 6.10 Å². The number of hydrogen-bond donors (Lipinski definition) is 1. The van der Waals surface area contributed by atoms with Crippen LogP contribution in [0.15, 0.2) is 35.7 Å². The third-order valence-electron chi connectivity index (χ3n) is 4.11. The predicted molar refractivity (Wildman–Crippen MR) is 90.6 cm³/mol. The molecule has 0 aliphatic carbocycles. The first kappa shape index (κ1) is 16.1. The summed E-state index contributed by atoms with van der Waals surface area (Å²) in [6.07, 6.45) is -0.486. The van der Waals surface area contributed by atoms with Crippen molar-refractivity contribution in [3.63, 3.8) is 0 Å². The van der Waals surface area contributed by atoms with E-state index in [1.54, 1.807) is 0 Å². The molecule has 2 heterocycles. The van der Waals surface area contributed by atoms with Gasteiger partial charge < -0.3 is 10.0 Å². The van der Waals surface area contributed by atoms with Gasteiger partial charge in [-0.2, -0.15) is 0 Å². The molecule has 5 nitrogen and oxygen atoms in total.